The van der Waals surface area contributed by atoms with Gasteiger partial charge in [0.1, 0.15) is 0 Å². The molecule has 1 aliphatic heterocycles. The highest BCUT2D eigenvalue weighted by Gasteiger charge is 2.25. The average molecular weight is 483 g/mol. The third-order valence-corrected chi connectivity index (χ3v) is 7.77. The first kappa shape index (κ1) is 20.9. The van der Waals surface area contributed by atoms with Crippen LogP contribution in [0.25, 0.3) is 0 Å². The lowest BCUT2D eigenvalue weighted by atomic mass is 10.2. The number of fused-ring (bicyclic) bond motifs is 1. The van der Waals surface area contributed by atoms with Crippen molar-refractivity contribution in [1.82, 2.24) is 0 Å². The topological polar surface area (TPSA) is 92.3 Å². The van der Waals surface area contributed by atoms with Crippen LogP contribution in [0.3, 0.4) is 0 Å². The van der Waals surface area contributed by atoms with Gasteiger partial charge in [-0.2, -0.15) is 0 Å². The zero-order chi connectivity index (χ0) is 20.5. The average Bonchev–Trinajstić information content (AvgIpc) is 2.63. The highest BCUT2D eigenvalue weighted by molar-refractivity contribution is 9.10. The summed E-state index contributed by atoms with van der Waals surface area (Å²) in [7, 11) is -3.63. The molecule has 0 bridgehead atoms. The van der Waals surface area contributed by atoms with Gasteiger partial charge < -0.3 is 10.6 Å². The Morgan fingerprint density at radius 3 is 2.71 bits per heavy atom. The predicted octanol–water partition coefficient (Wildman–Crippen LogP) is 3.99. The van der Waals surface area contributed by atoms with Crippen molar-refractivity contribution in [3.8, 4) is 0 Å². The smallest absolute Gasteiger partial charge is 0.237 e. The molecule has 2 aromatic carbocycles. The molecule has 0 spiro atoms. The van der Waals surface area contributed by atoms with Crippen LogP contribution in [-0.4, -0.2) is 31.2 Å². The van der Waals surface area contributed by atoms with Gasteiger partial charge in [0.25, 0.3) is 0 Å². The van der Waals surface area contributed by atoms with Crippen molar-refractivity contribution < 1.29 is 18.0 Å². The lowest BCUT2D eigenvalue weighted by molar-refractivity contribution is -0.116. The molecule has 0 aliphatic carbocycles. The number of aryl methyl sites for hydroxylation is 1. The summed E-state index contributed by atoms with van der Waals surface area (Å²) >= 11 is 4.70. The van der Waals surface area contributed by atoms with Crippen LogP contribution in [0.5, 0.6) is 0 Å². The largest absolute Gasteiger partial charge is 0.325 e. The Balaban J connectivity index is 1.68. The van der Waals surface area contributed by atoms with E-state index in [-0.39, 0.29) is 34.1 Å². The van der Waals surface area contributed by atoms with Crippen molar-refractivity contribution >= 4 is 60.7 Å². The van der Waals surface area contributed by atoms with Crippen LogP contribution < -0.4 is 10.6 Å². The van der Waals surface area contributed by atoms with Crippen molar-refractivity contribution in [1.29, 1.82) is 0 Å². The first-order valence-electron chi connectivity index (χ1n) is 8.56. The van der Waals surface area contributed by atoms with E-state index in [1.807, 2.05) is 19.1 Å². The number of anilines is 2. The SMILES string of the molecule is Cc1ccc(NC(=O)CCS(=O)(=O)c2ccc3c(c2)SC(C)C(=O)N3)c(Br)c1. The van der Waals surface area contributed by atoms with E-state index in [9.17, 15) is 18.0 Å². The Kier molecular flexibility index (Phi) is 6.16. The summed E-state index contributed by atoms with van der Waals surface area (Å²) < 4.78 is 26.0. The number of halogens is 1. The number of amides is 2. The molecule has 0 radical (unpaired) electrons. The van der Waals surface area contributed by atoms with Crippen LogP contribution in [0.1, 0.15) is 18.9 Å². The quantitative estimate of drug-likeness (QED) is 0.671. The minimum Gasteiger partial charge on any atom is -0.325 e. The Morgan fingerprint density at radius 2 is 2.00 bits per heavy atom. The first-order valence-corrected chi connectivity index (χ1v) is 11.9. The fraction of sp³-hybridized carbons (Fsp3) is 0.263. The van der Waals surface area contributed by atoms with E-state index in [1.165, 1.54) is 17.8 Å². The highest BCUT2D eigenvalue weighted by atomic mass is 79.9. The monoisotopic (exact) mass is 482 g/mol. The summed E-state index contributed by atoms with van der Waals surface area (Å²) in [6.45, 7) is 3.70. The van der Waals surface area contributed by atoms with Gasteiger partial charge in [-0.3, -0.25) is 9.59 Å². The minimum atomic E-state index is -3.63. The molecule has 148 valence electrons. The molecular weight excluding hydrogens is 464 g/mol. The number of rotatable bonds is 5. The van der Waals surface area contributed by atoms with Crippen LogP contribution in [0.4, 0.5) is 11.4 Å². The summed E-state index contributed by atoms with van der Waals surface area (Å²) in [5, 5.41) is 5.18. The number of hydrogen-bond acceptors (Lipinski definition) is 5. The van der Waals surface area contributed by atoms with Crippen molar-refractivity contribution in [3.63, 3.8) is 0 Å². The van der Waals surface area contributed by atoms with Gasteiger partial charge in [-0.05, 0) is 65.7 Å². The Morgan fingerprint density at radius 1 is 1.25 bits per heavy atom. The second-order valence-electron chi connectivity index (χ2n) is 6.51. The molecule has 0 saturated heterocycles. The van der Waals surface area contributed by atoms with Gasteiger partial charge in [-0.25, -0.2) is 8.42 Å². The predicted molar refractivity (Wildman–Crippen MR) is 115 cm³/mol. The van der Waals surface area contributed by atoms with Gasteiger partial charge >= 0.3 is 0 Å². The van der Waals surface area contributed by atoms with Crippen molar-refractivity contribution in [3.05, 3.63) is 46.4 Å². The summed E-state index contributed by atoms with van der Waals surface area (Å²) in [5.41, 5.74) is 2.25. The van der Waals surface area contributed by atoms with E-state index >= 15 is 0 Å². The number of nitrogens with one attached hydrogen (secondary N) is 2. The second kappa shape index (κ2) is 8.26. The van der Waals surface area contributed by atoms with Crippen LogP contribution >= 0.6 is 27.7 Å². The Hall–Kier alpha value is -1.84. The van der Waals surface area contributed by atoms with E-state index in [1.54, 1.807) is 25.1 Å². The molecule has 28 heavy (non-hydrogen) atoms. The van der Waals surface area contributed by atoms with Gasteiger partial charge in [0.05, 0.1) is 27.3 Å². The van der Waals surface area contributed by atoms with E-state index in [0.29, 0.717) is 16.3 Å². The van der Waals surface area contributed by atoms with Gasteiger partial charge in [0, 0.05) is 15.8 Å². The van der Waals surface area contributed by atoms with E-state index < -0.39 is 9.84 Å². The lowest BCUT2D eigenvalue weighted by Gasteiger charge is -2.21. The van der Waals surface area contributed by atoms with E-state index in [4.69, 9.17) is 0 Å². The number of thioether (sulfide) groups is 1. The summed E-state index contributed by atoms with van der Waals surface area (Å²) in [6.07, 6.45) is -0.153. The summed E-state index contributed by atoms with van der Waals surface area (Å²) in [5.74, 6) is -0.776. The van der Waals surface area contributed by atoms with Crippen LogP contribution in [0.15, 0.2) is 50.7 Å². The molecular formula is C19H19BrN2O4S2. The molecule has 2 N–H and O–H groups in total. The third-order valence-electron chi connectivity index (χ3n) is 4.24. The molecule has 0 saturated carbocycles. The number of hydrogen-bond donors (Lipinski definition) is 2. The molecule has 0 aromatic heterocycles. The first-order chi connectivity index (χ1) is 13.2. The number of benzene rings is 2. The zero-order valence-corrected chi connectivity index (χ0v) is 18.5. The molecule has 0 fully saturated rings. The van der Waals surface area contributed by atoms with E-state index in [2.05, 4.69) is 26.6 Å². The maximum Gasteiger partial charge on any atom is 0.237 e. The molecule has 1 unspecified atom stereocenters. The molecule has 6 nitrogen and oxygen atoms in total. The zero-order valence-electron chi connectivity index (χ0n) is 15.3. The molecule has 2 amide bonds. The molecule has 1 heterocycles. The number of carbonyl (C=O) groups is 2. The van der Waals surface area contributed by atoms with Crippen molar-refractivity contribution in [2.75, 3.05) is 16.4 Å². The number of carbonyl (C=O) groups excluding carboxylic acids is 2. The maximum atomic E-state index is 12.6. The fourth-order valence-electron chi connectivity index (χ4n) is 2.65. The van der Waals surface area contributed by atoms with Gasteiger partial charge in [-0.1, -0.05) is 6.07 Å². The second-order valence-corrected chi connectivity index (χ2v) is 10.9. The maximum absolute atomic E-state index is 12.6. The molecule has 1 aliphatic rings. The summed E-state index contributed by atoms with van der Waals surface area (Å²) in [6, 6.07) is 10.1. The van der Waals surface area contributed by atoms with Gasteiger partial charge in [0.2, 0.25) is 11.8 Å². The Bertz CT molecular complexity index is 1050. The highest BCUT2D eigenvalue weighted by Crippen LogP contribution is 2.37. The molecule has 2 aromatic rings. The number of sulfone groups is 1. The van der Waals surface area contributed by atoms with Gasteiger partial charge in [-0.15, -0.1) is 11.8 Å². The van der Waals surface area contributed by atoms with Crippen LogP contribution in [-0.2, 0) is 19.4 Å². The summed E-state index contributed by atoms with van der Waals surface area (Å²) in [4.78, 5) is 24.8. The van der Waals surface area contributed by atoms with Crippen LogP contribution in [0, 0.1) is 6.92 Å². The van der Waals surface area contributed by atoms with E-state index in [0.717, 1.165) is 10.0 Å². The lowest BCUT2D eigenvalue weighted by Crippen LogP contribution is -2.26. The minimum absolute atomic E-state index is 0.105. The Labute approximate surface area is 176 Å². The fourth-order valence-corrected chi connectivity index (χ4v) is 5.57. The van der Waals surface area contributed by atoms with Crippen molar-refractivity contribution in [2.45, 2.75) is 35.3 Å². The third kappa shape index (κ3) is 4.76. The molecule has 9 heteroatoms. The molecule has 1 atom stereocenters. The normalized spacial score (nSPS) is 16.2. The van der Waals surface area contributed by atoms with Gasteiger partial charge in [0.15, 0.2) is 9.84 Å². The van der Waals surface area contributed by atoms with Crippen LogP contribution in [0.2, 0.25) is 0 Å². The molecule has 3 rings (SSSR count). The van der Waals surface area contributed by atoms with Crippen molar-refractivity contribution in [2.24, 2.45) is 0 Å². The standard InChI is InChI=1S/C19H19BrN2O4S2/c1-11-3-5-15(14(20)9-11)21-18(23)7-8-28(25,26)13-4-6-16-17(10-13)27-12(2)19(24)22-16/h3-6,9-10,12H,7-8H2,1-2H3,(H,21,23)(H,22,24).